The molecule has 0 unspecified atom stereocenters. The first kappa shape index (κ1) is 38.5. The molecule has 7 nitrogen and oxygen atoms in total. The van der Waals surface area contributed by atoms with Gasteiger partial charge in [-0.15, -0.1) is 0 Å². The minimum Gasteiger partial charge on any atom is -0.456 e. The summed E-state index contributed by atoms with van der Waals surface area (Å²) in [5.74, 6) is 1.75. The van der Waals surface area contributed by atoms with Crippen molar-refractivity contribution in [3.8, 4) is 51.2 Å². The van der Waals surface area contributed by atoms with Crippen molar-refractivity contribution in [1.29, 1.82) is 0 Å². The standard InChI is InChI=1S/C63H38N6O/c1-2-18-39(19-3-1)61-64-62(66-63(65-61)48-28-16-37-57-58(48)46-26-8-13-36-56(46)70-57)40-20-14-21-41(38-40)67-53-33-17-34-54(68-49-29-9-4-22-42(49)43-23-5-10-30-50(43)68)59(53)47-27-15-35-55(60(47)67)69-51-31-11-6-24-44(51)45-25-7-12-32-52(45)69/h1-38H. The van der Waals surface area contributed by atoms with Gasteiger partial charge in [-0.25, -0.2) is 15.0 Å². The van der Waals surface area contributed by atoms with Crippen molar-refractivity contribution in [2.24, 2.45) is 0 Å². The molecule has 0 amide bonds. The number of fused-ring (bicyclic) bond motifs is 12. The molecule has 326 valence electrons. The van der Waals surface area contributed by atoms with E-state index >= 15 is 0 Å². The molecule has 10 aromatic carbocycles. The predicted molar refractivity (Wildman–Crippen MR) is 286 cm³/mol. The van der Waals surface area contributed by atoms with E-state index in [4.69, 9.17) is 19.4 Å². The van der Waals surface area contributed by atoms with Crippen LogP contribution in [-0.4, -0.2) is 28.7 Å². The van der Waals surface area contributed by atoms with Crippen LogP contribution in [0.25, 0.3) is 139 Å². The fraction of sp³-hybridized carbons (Fsp3) is 0. The second kappa shape index (κ2) is 15.0. The van der Waals surface area contributed by atoms with E-state index in [9.17, 15) is 0 Å². The summed E-state index contributed by atoms with van der Waals surface area (Å²) in [6, 6.07) is 81.6. The van der Waals surface area contributed by atoms with Gasteiger partial charge in [0.15, 0.2) is 17.5 Å². The van der Waals surface area contributed by atoms with Crippen molar-refractivity contribution >= 4 is 87.4 Å². The lowest BCUT2D eigenvalue weighted by Gasteiger charge is -2.15. The molecule has 0 saturated carbocycles. The molecular formula is C63H38N6O. The molecule has 0 atom stereocenters. The highest BCUT2D eigenvalue weighted by molar-refractivity contribution is 6.19. The molecule has 5 aromatic heterocycles. The van der Waals surface area contributed by atoms with Gasteiger partial charge in [0.2, 0.25) is 0 Å². The van der Waals surface area contributed by atoms with E-state index in [2.05, 4.69) is 196 Å². The Balaban J connectivity index is 1.03. The van der Waals surface area contributed by atoms with Gasteiger partial charge in [0, 0.05) is 65.5 Å². The second-order valence-electron chi connectivity index (χ2n) is 17.9. The zero-order valence-corrected chi connectivity index (χ0v) is 37.5. The highest BCUT2D eigenvalue weighted by Crippen LogP contribution is 2.44. The predicted octanol–water partition coefficient (Wildman–Crippen LogP) is 16.1. The van der Waals surface area contributed by atoms with E-state index in [-0.39, 0.29) is 0 Å². The van der Waals surface area contributed by atoms with Crippen LogP contribution in [0.15, 0.2) is 235 Å². The third kappa shape index (κ3) is 5.60. The SMILES string of the molecule is c1ccc(-c2nc(-c3cccc(-n4c5cccc(-n6c7ccccc7c7ccccc76)c5c5cccc(-n6c7ccccc7c7ccccc76)c54)c3)nc(-c3cccc4oc5ccccc5c34)n2)cc1. The molecule has 15 rings (SSSR count). The molecule has 0 aliphatic rings. The highest BCUT2D eigenvalue weighted by atomic mass is 16.3. The third-order valence-corrected chi connectivity index (χ3v) is 14.1. The van der Waals surface area contributed by atoms with Gasteiger partial charge in [0.05, 0.1) is 44.5 Å². The number of benzene rings is 10. The first-order valence-electron chi connectivity index (χ1n) is 23.6. The van der Waals surface area contributed by atoms with Crippen LogP contribution in [0.4, 0.5) is 0 Å². The number of furan rings is 1. The fourth-order valence-corrected chi connectivity index (χ4v) is 11.2. The molecule has 7 heteroatoms. The van der Waals surface area contributed by atoms with Crippen LogP contribution >= 0.6 is 0 Å². The Morgan fingerprint density at radius 2 is 0.771 bits per heavy atom. The van der Waals surface area contributed by atoms with Crippen LogP contribution < -0.4 is 0 Å². The van der Waals surface area contributed by atoms with Crippen molar-refractivity contribution in [2.75, 3.05) is 0 Å². The van der Waals surface area contributed by atoms with Crippen LogP contribution in [0.5, 0.6) is 0 Å². The van der Waals surface area contributed by atoms with Crippen molar-refractivity contribution in [2.45, 2.75) is 0 Å². The number of hydrogen-bond donors (Lipinski definition) is 0. The molecule has 0 saturated heterocycles. The first-order chi connectivity index (χ1) is 34.7. The molecule has 0 N–H and O–H groups in total. The van der Waals surface area contributed by atoms with E-state index in [0.29, 0.717) is 17.5 Å². The van der Waals surface area contributed by atoms with Crippen LogP contribution in [0.1, 0.15) is 0 Å². The number of rotatable bonds is 6. The lowest BCUT2D eigenvalue weighted by Crippen LogP contribution is -2.02. The Labute approximate surface area is 400 Å². The third-order valence-electron chi connectivity index (χ3n) is 14.1. The molecule has 0 aliphatic carbocycles. The Hall–Kier alpha value is -9.59. The fourth-order valence-electron chi connectivity index (χ4n) is 11.2. The summed E-state index contributed by atoms with van der Waals surface area (Å²) in [5.41, 5.74) is 14.2. The largest absolute Gasteiger partial charge is 0.456 e. The second-order valence-corrected chi connectivity index (χ2v) is 17.9. The lowest BCUT2D eigenvalue weighted by atomic mass is 10.1. The van der Waals surface area contributed by atoms with Crippen LogP contribution in [0.3, 0.4) is 0 Å². The summed E-state index contributed by atoms with van der Waals surface area (Å²) in [5, 5.41) is 9.17. The van der Waals surface area contributed by atoms with Gasteiger partial charge >= 0.3 is 0 Å². The lowest BCUT2D eigenvalue weighted by molar-refractivity contribution is 0.669. The van der Waals surface area contributed by atoms with Crippen LogP contribution in [-0.2, 0) is 0 Å². The molecule has 0 radical (unpaired) electrons. The normalized spacial score (nSPS) is 12.0. The Bertz CT molecular complexity index is 4500. The molecule has 0 bridgehead atoms. The van der Waals surface area contributed by atoms with E-state index < -0.39 is 0 Å². The number of para-hydroxylation sites is 6. The zero-order valence-electron chi connectivity index (χ0n) is 37.5. The van der Waals surface area contributed by atoms with Crippen LogP contribution in [0, 0.1) is 0 Å². The summed E-state index contributed by atoms with van der Waals surface area (Å²) < 4.78 is 13.7. The van der Waals surface area contributed by atoms with E-state index in [1.807, 2.05) is 48.5 Å². The Morgan fingerprint density at radius 1 is 0.300 bits per heavy atom. The van der Waals surface area contributed by atoms with E-state index in [0.717, 1.165) is 99.6 Å². The van der Waals surface area contributed by atoms with Gasteiger partial charge in [-0.2, -0.15) is 0 Å². The minimum atomic E-state index is 0.574. The topological polar surface area (TPSA) is 66.6 Å². The zero-order chi connectivity index (χ0) is 45.9. The maximum atomic E-state index is 6.35. The minimum absolute atomic E-state index is 0.574. The molecule has 0 spiro atoms. The van der Waals surface area contributed by atoms with Gasteiger partial charge in [0.1, 0.15) is 11.2 Å². The van der Waals surface area contributed by atoms with Crippen LogP contribution in [0.2, 0.25) is 0 Å². The smallest absolute Gasteiger partial charge is 0.164 e. The van der Waals surface area contributed by atoms with Gasteiger partial charge < -0.3 is 18.1 Å². The Kier molecular flexibility index (Phi) is 8.23. The highest BCUT2D eigenvalue weighted by Gasteiger charge is 2.24. The van der Waals surface area contributed by atoms with E-state index in [1.54, 1.807) is 0 Å². The molecule has 15 aromatic rings. The summed E-state index contributed by atoms with van der Waals surface area (Å²) in [4.78, 5) is 15.8. The van der Waals surface area contributed by atoms with Gasteiger partial charge in [-0.05, 0) is 66.7 Å². The molecule has 0 fully saturated rings. The summed E-state index contributed by atoms with van der Waals surface area (Å²) in [6.45, 7) is 0. The van der Waals surface area contributed by atoms with Crippen molar-refractivity contribution in [3.05, 3.63) is 231 Å². The summed E-state index contributed by atoms with van der Waals surface area (Å²) >= 11 is 0. The molecule has 0 aliphatic heterocycles. The van der Waals surface area contributed by atoms with E-state index in [1.165, 1.54) is 21.5 Å². The average molecular weight is 895 g/mol. The number of nitrogens with zero attached hydrogens (tertiary/aromatic N) is 6. The Morgan fingerprint density at radius 3 is 1.46 bits per heavy atom. The van der Waals surface area contributed by atoms with Gasteiger partial charge in [-0.1, -0.05) is 164 Å². The quantitative estimate of drug-likeness (QED) is 0.167. The molecular weight excluding hydrogens is 857 g/mol. The number of hydrogen-bond acceptors (Lipinski definition) is 4. The average Bonchev–Trinajstić information content (AvgIpc) is 4.18. The van der Waals surface area contributed by atoms with Gasteiger partial charge in [0.25, 0.3) is 0 Å². The van der Waals surface area contributed by atoms with Crippen molar-refractivity contribution < 1.29 is 4.42 Å². The maximum Gasteiger partial charge on any atom is 0.164 e. The summed E-state index contributed by atoms with van der Waals surface area (Å²) in [7, 11) is 0. The summed E-state index contributed by atoms with van der Waals surface area (Å²) in [6.07, 6.45) is 0. The number of aromatic nitrogens is 6. The first-order valence-corrected chi connectivity index (χ1v) is 23.6. The van der Waals surface area contributed by atoms with Crippen molar-refractivity contribution in [1.82, 2.24) is 28.7 Å². The molecule has 70 heavy (non-hydrogen) atoms. The van der Waals surface area contributed by atoms with Gasteiger partial charge in [-0.3, -0.25) is 0 Å². The molecule has 5 heterocycles. The monoisotopic (exact) mass is 894 g/mol. The maximum absolute atomic E-state index is 6.35. The van der Waals surface area contributed by atoms with Crippen molar-refractivity contribution in [3.63, 3.8) is 0 Å².